The first kappa shape index (κ1) is 24.0. The van der Waals surface area contributed by atoms with Gasteiger partial charge in [0.25, 0.3) is 5.91 Å². The minimum atomic E-state index is -0.790. The maximum Gasteiger partial charge on any atom is 0.513 e. The molecule has 0 saturated heterocycles. The van der Waals surface area contributed by atoms with Crippen molar-refractivity contribution >= 4 is 23.7 Å². The van der Waals surface area contributed by atoms with E-state index >= 15 is 0 Å². The molecule has 7 nitrogen and oxygen atoms in total. The first-order valence-corrected chi connectivity index (χ1v) is 11.3. The summed E-state index contributed by atoms with van der Waals surface area (Å²) in [6.45, 7) is 4.18. The molecule has 1 saturated carbocycles. The van der Waals surface area contributed by atoms with E-state index in [0.29, 0.717) is 22.9 Å². The van der Waals surface area contributed by atoms with Crippen molar-refractivity contribution in [3.05, 3.63) is 71.3 Å². The Morgan fingerprint density at radius 2 is 1.73 bits per heavy atom. The summed E-state index contributed by atoms with van der Waals surface area (Å²) in [4.78, 5) is 36.4. The number of nitrogens with one attached hydrogen (secondary N) is 2. The molecule has 1 fully saturated rings. The van der Waals surface area contributed by atoms with E-state index in [-0.39, 0.29) is 25.0 Å². The molecule has 0 radical (unpaired) electrons. The molecule has 0 spiro atoms. The number of carbonyl (C=O) groups excluding carboxylic acids is 3. The number of carbonyl (C=O) groups is 3. The molecule has 3 rings (SSSR count). The lowest BCUT2D eigenvalue weighted by molar-refractivity contribution is -0.112. The number of benzene rings is 2. The summed E-state index contributed by atoms with van der Waals surface area (Å²) < 4.78 is 9.72. The lowest BCUT2D eigenvalue weighted by atomic mass is 9.98. The van der Waals surface area contributed by atoms with Crippen LogP contribution in [0.5, 0.6) is 5.75 Å². The zero-order chi connectivity index (χ0) is 23.6. The molecule has 1 aliphatic carbocycles. The second-order valence-corrected chi connectivity index (χ2v) is 8.01. The number of ether oxygens (including phenoxy) is 2. The van der Waals surface area contributed by atoms with E-state index in [0.717, 1.165) is 24.0 Å². The first-order chi connectivity index (χ1) is 16.0. The monoisotopic (exact) mass is 450 g/mol. The zero-order valence-corrected chi connectivity index (χ0v) is 19.1. The summed E-state index contributed by atoms with van der Waals surface area (Å²) >= 11 is 0. The lowest BCUT2D eigenvalue weighted by Gasteiger charge is -2.13. The predicted octanol–water partition coefficient (Wildman–Crippen LogP) is 5.23. The van der Waals surface area contributed by atoms with Gasteiger partial charge in [-0.2, -0.15) is 0 Å². The SMILES string of the molecule is CCOC(=O)Oc1ccc(C(=O)NCc2ccccc2NC(=O)/C=C(\C)C2CCCC2)cc1. The molecule has 0 bridgehead atoms. The van der Waals surface area contributed by atoms with Gasteiger partial charge in [0.2, 0.25) is 5.91 Å². The zero-order valence-electron chi connectivity index (χ0n) is 19.1. The van der Waals surface area contributed by atoms with Gasteiger partial charge in [0.15, 0.2) is 0 Å². The van der Waals surface area contributed by atoms with Gasteiger partial charge in [-0.05, 0) is 68.5 Å². The van der Waals surface area contributed by atoms with Gasteiger partial charge in [-0.3, -0.25) is 9.59 Å². The van der Waals surface area contributed by atoms with Crippen molar-refractivity contribution < 1.29 is 23.9 Å². The van der Waals surface area contributed by atoms with Crippen molar-refractivity contribution in [2.45, 2.75) is 46.1 Å². The highest BCUT2D eigenvalue weighted by atomic mass is 16.7. The third-order valence-corrected chi connectivity index (χ3v) is 5.65. The maximum absolute atomic E-state index is 12.5. The minimum Gasteiger partial charge on any atom is -0.434 e. The third-order valence-electron chi connectivity index (χ3n) is 5.65. The fourth-order valence-corrected chi connectivity index (χ4v) is 3.87. The Balaban J connectivity index is 1.57. The van der Waals surface area contributed by atoms with Crippen LogP contribution in [0.3, 0.4) is 0 Å². The number of amides is 2. The van der Waals surface area contributed by atoms with Gasteiger partial charge in [0.1, 0.15) is 5.75 Å². The van der Waals surface area contributed by atoms with Crippen LogP contribution < -0.4 is 15.4 Å². The van der Waals surface area contributed by atoms with Crippen LogP contribution in [-0.4, -0.2) is 24.6 Å². The molecular weight excluding hydrogens is 420 g/mol. The molecule has 2 aromatic carbocycles. The average molecular weight is 451 g/mol. The normalized spacial score (nSPS) is 13.9. The number of hydrogen-bond acceptors (Lipinski definition) is 5. The van der Waals surface area contributed by atoms with E-state index in [1.165, 1.54) is 25.0 Å². The minimum absolute atomic E-state index is 0.157. The van der Waals surface area contributed by atoms with Crippen molar-refractivity contribution in [2.75, 3.05) is 11.9 Å². The van der Waals surface area contributed by atoms with E-state index < -0.39 is 6.16 Å². The molecule has 2 aromatic rings. The van der Waals surface area contributed by atoms with Crippen LogP contribution in [0.25, 0.3) is 0 Å². The van der Waals surface area contributed by atoms with Crippen molar-refractivity contribution in [2.24, 2.45) is 5.92 Å². The average Bonchev–Trinajstić information content (AvgIpc) is 3.34. The van der Waals surface area contributed by atoms with Crippen LogP contribution in [0, 0.1) is 5.92 Å². The van der Waals surface area contributed by atoms with Crippen LogP contribution in [-0.2, 0) is 16.1 Å². The molecular formula is C26H30N2O5. The molecule has 0 aromatic heterocycles. The molecule has 7 heteroatoms. The van der Waals surface area contributed by atoms with Gasteiger partial charge in [-0.15, -0.1) is 0 Å². The topological polar surface area (TPSA) is 93.7 Å². The van der Waals surface area contributed by atoms with Crippen molar-refractivity contribution in [1.29, 1.82) is 0 Å². The van der Waals surface area contributed by atoms with Crippen LogP contribution in [0.2, 0.25) is 0 Å². The highest BCUT2D eigenvalue weighted by molar-refractivity contribution is 6.00. The lowest BCUT2D eigenvalue weighted by Crippen LogP contribution is -2.23. The van der Waals surface area contributed by atoms with Gasteiger partial charge in [0, 0.05) is 23.9 Å². The predicted molar refractivity (Wildman–Crippen MR) is 126 cm³/mol. The molecule has 33 heavy (non-hydrogen) atoms. The first-order valence-electron chi connectivity index (χ1n) is 11.3. The molecule has 0 heterocycles. The second kappa shape index (κ2) is 11.9. The maximum atomic E-state index is 12.5. The van der Waals surface area contributed by atoms with Crippen molar-refractivity contribution in [3.8, 4) is 5.75 Å². The van der Waals surface area contributed by atoms with E-state index in [1.54, 1.807) is 25.1 Å². The van der Waals surface area contributed by atoms with Crippen LogP contribution in [0.4, 0.5) is 10.5 Å². The standard InChI is InChI=1S/C26H30N2O5/c1-3-32-26(31)33-22-14-12-20(13-15-22)25(30)27-17-21-10-6-7-11-23(21)28-24(29)16-18(2)19-8-4-5-9-19/h6-7,10-16,19H,3-5,8-9,17H2,1-2H3,(H,27,30)(H,28,29)/b18-16+. The van der Waals surface area contributed by atoms with E-state index in [1.807, 2.05) is 31.2 Å². The number of anilines is 1. The molecule has 0 unspecified atom stereocenters. The highest BCUT2D eigenvalue weighted by Crippen LogP contribution is 2.30. The number of rotatable bonds is 8. The van der Waals surface area contributed by atoms with Gasteiger partial charge in [-0.1, -0.05) is 36.6 Å². The van der Waals surface area contributed by atoms with E-state index in [4.69, 9.17) is 9.47 Å². The summed E-state index contributed by atoms with van der Waals surface area (Å²) in [6.07, 6.45) is 5.64. The Kier molecular flexibility index (Phi) is 8.63. The van der Waals surface area contributed by atoms with Gasteiger partial charge in [-0.25, -0.2) is 4.79 Å². The Morgan fingerprint density at radius 1 is 1.03 bits per heavy atom. The molecule has 2 amide bonds. The van der Waals surface area contributed by atoms with Crippen molar-refractivity contribution in [3.63, 3.8) is 0 Å². The van der Waals surface area contributed by atoms with Gasteiger partial charge < -0.3 is 20.1 Å². The van der Waals surface area contributed by atoms with Gasteiger partial charge in [0.05, 0.1) is 6.61 Å². The molecule has 1 aliphatic rings. The fourth-order valence-electron chi connectivity index (χ4n) is 3.87. The molecule has 0 aliphatic heterocycles. The Hall–Kier alpha value is -3.61. The Morgan fingerprint density at radius 3 is 2.42 bits per heavy atom. The van der Waals surface area contributed by atoms with E-state index in [2.05, 4.69) is 10.6 Å². The summed E-state index contributed by atoms with van der Waals surface area (Å²) in [5.74, 6) is 0.351. The third kappa shape index (κ3) is 7.20. The van der Waals surface area contributed by atoms with Crippen LogP contribution >= 0.6 is 0 Å². The van der Waals surface area contributed by atoms with Crippen LogP contribution in [0.15, 0.2) is 60.2 Å². The van der Waals surface area contributed by atoms with Gasteiger partial charge >= 0.3 is 6.16 Å². The summed E-state index contributed by atoms with van der Waals surface area (Å²) in [6, 6.07) is 13.6. The molecule has 174 valence electrons. The molecule has 0 atom stereocenters. The summed E-state index contributed by atoms with van der Waals surface area (Å²) in [7, 11) is 0. The Labute approximate surface area is 194 Å². The highest BCUT2D eigenvalue weighted by Gasteiger charge is 2.17. The summed E-state index contributed by atoms with van der Waals surface area (Å²) in [5, 5.41) is 5.79. The largest absolute Gasteiger partial charge is 0.513 e. The number of para-hydroxylation sites is 1. The quantitative estimate of drug-likeness (QED) is 0.326. The number of hydrogen-bond donors (Lipinski definition) is 2. The number of allylic oxidation sites excluding steroid dienone is 1. The molecule has 2 N–H and O–H groups in total. The summed E-state index contributed by atoms with van der Waals surface area (Å²) in [5.41, 5.74) is 3.00. The van der Waals surface area contributed by atoms with Crippen LogP contribution in [0.1, 0.15) is 55.5 Å². The van der Waals surface area contributed by atoms with Crippen molar-refractivity contribution in [1.82, 2.24) is 5.32 Å². The smallest absolute Gasteiger partial charge is 0.434 e. The second-order valence-electron chi connectivity index (χ2n) is 8.01. The van der Waals surface area contributed by atoms with E-state index in [9.17, 15) is 14.4 Å². The Bertz CT molecular complexity index is 1010. The fraction of sp³-hybridized carbons (Fsp3) is 0.346.